The number of H-pyrrole nitrogens is 1. The van der Waals surface area contributed by atoms with Crippen LogP contribution in [0.2, 0.25) is 0 Å². The van der Waals surface area contributed by atoms with Gasteiger partial charge in [0, 0.05) is 30.4 Å². The third-order valence-corrected chi connectivity index (χ3v) is 5.55. The number of aromatic nitrogens is 6. The Morgan fingerprint density at radius 2 is 2.08 bits per heavy atom. The average molecular weight is 509 g/mol. The van der Waals surface area contributed by atoms with Crippen LogP contribution >= 0.6 is 0 Å². The fourth-order valence-electron chi connectivity index (χ4n) is 4.18. The number of hydrogen-bond acceptors (Lipinski definition) is 7. The summed E-state index contributed by atoms with van der Waals surface area (Å²) in [6.45, 7) is -3.17. The molecule has 0 radical (unpaired) electrons. The molecule has 15 heteroatoms. The van der Waals surface area contributed by atoms with Crippen molar-refractivity contribution in [3.8, 4) is 34.1 Å². The Hall–Kier alpha value is -4.30. The minimum absolute atomic E-state index is 0.0150. The van der Waals surface area contributed by atoms with E-state index in [1.165, 1.54) is 35.9 Å². The van der Waals surface area contributed by atoms with E-state index >= 15 is 0 Å². The van der Waals surface area contributed by atoms with Gasteiger partial charge in [-0.2, -0.15) is 13.9 Å². The molecule has 1 atom stereocenters. The molecule has 36 heavy (non-hydrogen) atoms. The van der Waals surface area contributed by atoms with Crippen molar-refractivity contribution in [2.24, 2.45) is 7.05 Å². The number of methoxy groups -OCH3 is 1. The second kappa shape index (κ2) is 9.05. The summed E-state index contributed by atoms with van der Waals surface area (Å²) in [6.07, 6.45) is -0.786. The molecule has 0 saturated heterocycles. The number of carbonyl (C=O) groups is 1. The van der Waals surface area contributed by atoms with Crippen LogP contribution in [0, 0.1) is 0 Å². The zero-order chi connectivity index (χ0) is 25.6. The number of carbonyl (C=O) groups excluding carboxylic acids is 1. The predicted octanol–water partition coefficient (Wildman–Crippen LogP) is 3.48. The standard InChI is InChI=1S/C21H19F4N7O4/c1-31-7-11(18(30-31)36-20(24)25)12-10-4-3-5-26-17(10)28-14(12)13-15(16(22)23)29-32-6-9(8-35-19(13)32)27-21(33)34-2/h3-5,7,9,16,20H,6,8H2,1-2H3,(H,26,28)(H,27,33)/t9-/m0/s1. The summed E-state index contributed by atoms with van der Waals surface area (Å²) < 4.78 is 72.1. The lowest BCUT2D eigenvalue weighted by Crippen LogP contribution is -2.44. The van der Waals surface area contributed by atoms with Gasteiger partial charge in [-0.05, 0) is 12.1 Å². The quantitative estimate of drug-likeness (QED) is 0.382. The molecular formula is C21H19F4N7O4. The minimum Gasteiger partial charge on any atom is -0.475 e. The highest BCUT2D eigenvalue weighted by molar-refractivity contribution is 6.04. The van der Waals surface area contributed by atoms with Crippen LogP contribution < -0.4 is 14.8 Å². The number of amides is 1. The summed E-state index contributed by atoms with van der Waals surface area (Å²) in [5.41, 5.74) is 0.159. The van der Waals surface area contributed by atoms with Gasteiger partial charge in [0.25, 0.3) is 6.43 Å². The third-order valence-electron chi connectivity index (χ3n) is 5.55. The number of fused-ring (bicyclic) bond motifs is 2. The van der Waals surface area contributed by atoms with Gasteiger partial charge in [-0.1, -0.05) is 0 Å². The lowest BCUT2D eigenvalue weighted by atomic mass is 10.0. The number of aryl methyl sites for hydroxylation is 1. The highest BCUT2D eigenvalue weighted by Crippen LogP contribution is 2.47. The zero-order valence-electron chi connectivity index (χ0n) is 18.8. The summed E-state index contributed by atoms with van der Waals surface area (Å²) in [5.74, 6) is -0.373. The monoisotopic (exact) mass is 509 g/mol. The Kier molecular flexibility index (Phi) is 5.89. The van der Waals surface area contributed by atoms with Crippen LogP contribution in [0.25, 0.3) is 33.4 Å². The molecule has 11 nitrogen and oxygen atoms in total. The second-order valence-electron chi connectivity index (χ2n) is 7.87. The number of pyridine rings is 1. The van der Waals surface area contributed by atoms with Gasteiger partial charge in [-0.15, -0.1) is 5.10 Å². The summed E-state index contributed by atoms with van der Waals surface area (Å²) in [4.78, 5) is 18.8. The molecule has 4 aromatic heterocycles. The molecule has 190 valence electrons. The largest absolute Gasteiger partial charge is 0.475 e. The number of halogens is 4. The number of alkyl halides is 4. The molecule has 0 aromatic carbocycles. The first kappa shape index (κ1) is 23.4. The van der Waals surface area contributed by atoms with Crippen LogP contribution in [-0.2, 0) is 18.3 Å². The van der Waals surface area contributed by atoms with Gasteiger partial charge in [0.2, 0.25) is 11.8 Å². The molecule has 5 rings (SSSR count). The van der Waals surface area contributed by atoms with Crippen LogP contribution in [0.4, 0.5) is 22.4 Å². The summed E-state index contributed by atoms with van der Waals surface area (Å²) in [7, 11) is 2.71. The first-order valence-electron chi connectivity index (χ1n) is 10.6. The molecule has 0 spiro atoms. The van der Waals surface area contributed by atoms with Gasteiger partial charge in [0.05, 0.1) is 36.5 Å². The van der Waals surface area contributed by atoms with Gasteiger partial charge in [0.15, 0.2) is 0 Å². The molecule has 1 aliphatic rings. The normalized spacial score (nSPS) is 15.3. The van der Waals surface area contributed by atoms with Crippen LogP contribution in [0.5, 0.6) is 11.8 Å². The van der Waals surface area contributed by atoms with E-state index in [9.17, 15) is 22.4 Å². The Balaban J connectivity index is 1.71. The van der Waals surface area contributed by atoms with E-state index in [1.54, 1.807) is 12.1 Å². The van der Waals surface area contributed by atoms with Crippen molar-refractivity contribution < 1.29 is 36.6 Å². The van der Waals surface area contributed by atoms with E-state index < -0.39 is 30.9 Å². The molecule has 2 N–H and O–H groups in total. The maximum Gasteiger partial charge on any atom is 0.407 e. The van der Waals surface area contributed by atoms with Crippen LogP contribution in [0.3, 0.4) is 0 Å². The topological polar surface area (TPSA) is 121 Å². The van der Waals surface area contributed by atoms with Gasteiger partial charge in [-0.3, -0.25) is 4.68 Å². The number of ether oxygens (including phenoxy) is 3. The molecule has 0 unspecified atom stereocenters. The maximum absolute atomic E-state index is 14.2. The zero-order valence-corrected chi connectivity index (χ0v) is 18.8. The molecule has 0 saturated carbocycles. The molecule has 0 fully saturated rings. The van der Waals surface area contributed by atoms with E-state index in [4.69, 9.17) is 4.74 Å². The van der Waals surface area contributed by atoms with Gasteiger partial charge in [0.1, 0.15) is 17.9 Å². The smallest absolute Gasteiger partial charge is 0.407 e. The first-order chi connectivity index (χ1) is 17.3. The number of hydrogen-bond donors (Lipinski definition) is 2. The molecule has 0 aliphatic carbocycles. The van der Waals surface area contributed by atoms with E-state index in [-0.39, 0.29) is 47.3 Å². The van der Waals surface area contributed by atoms with Crippen molar-refractivity contribution in [1.29, 1.82) is 0 Å². The predicted molar refractivity (Wildman–Crippen MR) is 116 cm³/mol. The van der Waals surface area contributed by atoms with Gasteiger partial charge < -0.3 is 24.5 Å². The first-order valence-corrected chi connectivity index (χ1v) is 10.6. The fraction of sp³-hybridized carbons (Fsp3) is 0.333. The summed E-state index contributed by atoms with van der Waals surface area (Å²) >= 11 is 0. The SMILES string of the molecule is COC(=O)N[C@@H]1COc2c(-c3[nH]c4ncccc4c3-c3cn(C)nc3OC(F)F)c(C(F)F)nn2C1. The lowest BCUT2D eigenvalue weighted by Gasteiger charge is -2.25. The number of aromatic amines is 1. The Bertz CT molecular complexity index is 1430. The number of rotatable bonds is 6. The molecule has 1 aliphatic heterocycles. The number of alkyl carbamates (subject to hydrolysis) is 1. The van der Waals surface area contributed by atoms with Crippen LogP contribution in [-0.4, -0.2) is 62.0 Å². The van der Waals surface area contributed by atoms with Gasteiger partial charge in [-0.25, -0.2) is 23.2 Å². The van der Waals surface area contributed by atoms with Crippen LogP contribution in [0.1, 0.15) is 12.1 Å². The summed E-state index contributed by atoms with van der Waals surface area (Å²) in [5, 5.41) is 11.0. The van der Waals surface area contributed by atoms with Gasteiger partial charge >= 0.3 is 12.7 Å². The summed E-state index contributed by atoms with van der Waals surface area (Å²) in [6, 6.07) is 2.69. The number of nitrogens with one attached hydrogen (secondary N) is 2. The highest BCUT2D eigenvalue weighted by atomic mass is 19.3. The molecule has 0 bridgehead atoms. The van der Waals surface area contributed by atoms with E-state index in [1.807, 2.05) is 0 Å². The third kappa shape index (κ3) is 4.05. The van der Waals surface area contributed by atoms with Crippen molar-refractivity contribution in [2.75, 3.05) is 13.7 Å². The molecule has 1 amide bonds. The van der Waals surface area contributed by atoms with Crippen LogP contribution in [0.15, 0.2) is 24.5 Å². The highest BCUT2D eigenvalue weighted by Gasteiger charge is 2.35. The van der Waals surface area contributed by atoms with Crippen molar-refractivity contribution in [3.05, 3.63) is 30.2 Å². The molecule has 5 heterocycles. The van der Waals surface area contributed by atoms with Crippen molar-refractivity contribution >= 4 is 17.1 Å². The van der Waals surface area contributed by atoms with Crippen molar-refractivity contribution in [3.63, 3.8) is 0 Å². The Labute approximate surface area is 199 Å². The van der Waals surface area contributed by atoms with E-state index in [0.29, 0.717) is 11.0 Å². The minimum atomic E-state index is -3.16. The molecule has 4 aromatic rings. The fourth-order valence-corrected chi connectivity index (χ4v) is 4.18. The number of nitrogens with zero attached hydrogens (tertiary/aromatic N) is 5. The van der Waals surface area contributed by atoms with E-state index in [0.717, 1.165) is 0 Å². The van der Waals surface area contributed by atoms with E-state index in [2.05, 4.69) is 35.0 Å². The van der Waals surface area contributed by atoms with Crippen molar-refractivity contribution in [1.82, 2.24) is 34.8 Å². The Morgan fingerprint density at radius 1 is 1.28 bits per heavy atom. The Morgan fingerprint density at radius 3 is 2.81 bits per heavy atom. The van der Waals surface area contributed by atoms with Crippen molar-refractivity contribution in [2.45, 2.75) is 25.6 Å². The lowest BCUT2D eigenvalue weighted by molar-refractivity contribution is -0.0527. The average Bonchev–Trinajstić information content (AvgIpc) is 3.50. The maximum atomic E-state index is 14.2. The molecular weight excluding hydrogens is 490 g/mol. The second-order valence-corrected chi connectivity index (χ2v) is 7.87.